The molecule has 170 valence electrons. The number of amides is 1. The number of rotatable bonds is 10. The summed E-state index contributed by atoms with van der Waals surface area (Å²) in [5, 5.41) is 15.6. The van der Waals surface area contributed by atoms with Crippen LogP contribution in [0.1, 0.15) is 23.3 Å². The van der Waals surface area contributed by atoms with Crippen LogP contribution in [0.3, 0.4) is 0 Å². The van der Waals surface area contributed by atoms with Crippen LogP contribution in [0.4, 0.5) is 5.82 Å². The van der Waals surface area contributed by atoms with E-state index in [1.807, 2.05) is 37.3 Å². The zero-order valence-corrected chi connectivity index (χ0v) is 18.8. The Labute approximate surface area is 192 Å². The third-order valence-corrected chi connectivity index (χ3v) is 4.57. The number of ether oxygens (including phenoxy) is 3. The molecule has 0 atom stereocenters. The van der Waals surface area contributed by atoms with E-state index in [2.05, 4.69) is 10.5 Å². The molecule has 1 aromatic heterocycles. The normalized spacial score (nSPS) is 10.9. The van der Waals surface area contributed by atoms with Crippen molar-refractivity contribution in [1.29, 1.82) is 5.26 Å². The Balaban J connectivity index is 1.56. The van der Waals surface area contributed by atoms with Gasteiger partial charge in [0.15, 0.2) is 17.3 Å². The van der Waals surface area contributed by atoms with Gasteiger partial charge in [-0.15, -0.1) is 0 Å². The minimum Gasteiger partial charge on any atom is -0.493 e. The molecule has 1 N–H and O–H groups in total. The van der Waals surface area contributed by atoms with Crippen LogP contribution in [0, 0.1) is 25.2 Å². The fourth-order valence-corrected chi connectivity index (χ4v) is 2.88. The highest BCUT2D eigenvalue weighted by Crippen LogP contribution is 2.29. The molecule has 0 unspecified atom stereocenters. The Morgan fingerprint density at radius 3 is 2.52 bits per heavy atom. The average Bonchev–Trinajstić information content (AvgIpc) is 3.23. The second-order valence-electron chi connectivity index (χ2n) is 7.22. The summed E-state index contributed by atoms with van der Waals surface area (Å²) in [6, 6.07) is 16.5. The Bertz CT molecular complexity index is 1160. The van der Waals surface area contributed by atoms with Crippen molar-refractivity contribution in [2.24, 2.45) is 0 Å². The van der Waals surface area contributed by atoms with Crippen LogP contribution in [0.5, 0.6) is 17.2 Å². The summed E-state index contributed by atoms with van der Waals surface area (Å²) in [5.74, 6) is 2.09. The first-order valence-electron chi connectivity index (χ1n) is 10.4. The second kappa shape index (κ2) is 11.4. The third kappa shape index (κ3) is 6.87. The average molecular weight is 447 g/mol. The summed E-state index contributed by atoms with van der Waals surface area (Å²) in [4.78, 5) is 12.3. The zero-order valence-electron chi connectivity index (χ0n) is 18.8. The van der Waals surface area contributed by atoms with Crippen LogP contribution in [-0.4, -0.2) is 31.4 Å². The largest absolute Gasteiger partial charge is 0.493 e. The molecule has 8 nitrogen and oxygen atoms in total. The number of anilines is 1. The van der Waals surface area contributed by atoms with E-state index in [0.29, 0.717) is 42.5 Å². The lowest BCUT2D eigenvalue weighted by atomic mass is 10.1. The van der Waals surface area contributed by atoms with E-state index in [9.17, 15) is 10.1 Å². The van der Waals surface area contributed by atoms with Gasteiger partial charge in [0.1, 0.15) is 23.2 Å². The number of methoxy groups -OCH3 is 1. The van der Waals surface area contributed by atoms with E-state index < -0.39 is 5.91 Å². The van der Waals surface area contributed by atoms with Crippen molar-refractivity contribution >= 4 is 17.8 Å². The predicted octanol–water partition coefficient (Wildman–Crippen LogP) is 4.69. The topological polar surface area (TPSA) is 107 Å². The lowest BCUT2D eigenvalue weighted by Gasteiger charge is -2.12. The van der Waals surface area contributed by atoms with Crippen molar-refractivity contribution in [3.05, 3.63) is 71.0 Å². The molecule has 33 heavy (non-hydrogen) atoms. The smallest absolute Gasteiger partial charge is 0.267 e. The number of aromatic nitrogens is 1. The molecule has 0 aliphatic rings. The number of nitriles is 1. The summed E-state index contributed by atoms with van der Waals surface area (Å²) in [6.07, 6.45) is 2.16. The molecule has 0 spiro atoms. The van der Waals surface area contributed by atoms with Crippen LogP contribution in [0.2, 0.25) is 0 Å². The highest BCUT2D eigenvalue weighted by atomic mass is 16.5. The highest BCUT2D eigenvalue weighted by Gasteiger charge is 2.13. The zero-order chi connectivity index (χ0) is 23.6. The molecule has 3 rings (SSSR count). The number of benzene rings is 2. The van der Waals surface area contributed by atoms with E-state index in [1.165, 1.54) is 18.7 Å². The molecule has 1 amide bonds. The second-order valence-corrected chi connectivity index (χ2v) is 7.22. The van der Waals surface area contributed by atoms with E-state index in [1.54, 1.807) is 31.2 Å². The van der Waals surface area contributed by atoms with Crippen molar-refractivity contribution in [3.8, 4) is 23.3 Å². The number of aryl methyl sites for hydroxylation is 2. The SMILES string of the molecule is COc1cc(C=C(C#N)C(=O)Nc2cc(C)on2)ccc1OCCCOc1ccc(C)cc1. The van der Waals surface area contributed by atoms with Crippen molar-refractivity contribution in [2.45, 2.75) is 20.3 Å². The molecular formula is C25H25N3O5. The molecule has 0 saturated heterocycles. The molecule has 0 radical (unpaired) electrons. The fourth-order valence-electron chi connectivity index (χ4n) is 2.88. The minimum absolute atomic E-state index is 0.0837. The summed E-state index contributed by atoms with van der Waals surface area (Å²) >= 11 is 0. The van der Waals surface area contributed by atoms with Gasteiger partial charge in [-0.2, -0.15) is 5.26 Å². The van der Waals surface area contributed by atoms with E-state index in [4.69, 9.17) is 18.7 Å². The van der Waals surface area contributed by atoms with Gasteiger partial charge in [0.2, 0.25) is 0 Å². The molecular weight excluding hydrogens is 422 g/mol. The summed E-state index contributed by atoms with van der Waals surface area (Å²) < 4.78 is 21.8. The Kier molecular flexibility index (Phi) is 8.08. The first-order valence-corrected chi connectivity index (χ1v) is 10.4. The van der Waals surface area contributed by atoms with Gasteiger partial charge in [0, 0.05) is 12.5 Å². The maximum absolute atomic E-state index is 12.3. The van der Waals surface area contributed by atoms with Crippen molar-refractivity contribution in [3.63, 3.8) is 0 Å². The number of hydrogen-bond donors (Lipinski definition) is 1. The summed E-state index contributed by atoms with van der Waals surface area (Å²) in [6.45, 7) is 4.70. The molecule has 0 aliphatic heterocycles. The van der Waals surface area contributed by atoms with Crippen molar-refractivity contribution in [2.75, 3.05) is 25.6 Å². The Morgan fingerprint density at radius 2 is 1.85 bits per heavy atom. The van der Waals surface area contributed by atoms with Gasteiger partial charge in [0.25, 0.3) is 5.91 Å². The van der Waals surface area contributed by atoms with Crippen LogP contribution >= 0.6 is 0 Å². The maximum atomic E-state index is 12.3. The van der Waals surface area contributed by atoms with Gasteiger partial charge in [-0.3, -0.25) is 4.79 Å². The van der Waals surface area contributed by atoms with Crippen LogP contribution in [0.15, 0.2) is 58.6 Å². The lowest BCUT2D eigenvalue weighted by molar-refractivity contribution is -0.112. The van der Waals surface area contributed by atoms with E-state index >= 15 is 0 Å². The standard InChI is InChI=1S/C25H25N3O5/c1-17-5-8-21(9-6-17)31-11-4-12-32-22-10-7-19(15-23(22)30-3)14-20(16-26)25(29)27-24-13-18(2)33-28-24/h5-10,13-15H,4,11-12H2,1-3H3,(H,27,28,29). The summed E-state index contributed by atoms with van der Waals surface area (Å²) in [5.41, 5.74) is 1.72. The first kappa shape index (κ1) is 23.4. The third-order valence-electron chi connectivity index (χ3n) is 4.57. The molecule has 2 aromatic carbocycles. The van der Waals surface area contributed by atoms with Crippen LogP contribution in [-0.2, 0) is 4.79 Å². The molecule has 1 heterocycles. The van der Waals surface area contributed by atoms with Gasteiger partial charge >= 0.3 is 0 Å². The van der Waals surface area contributed by atoms with Gasteiger partial charge in [-0.25, -0.2) is 0 Å². The molecule has 8 heteroatoms. The van der Waals surface area contributed by atoms with Crippen molar-refractivity contribution in [1.82, 2.24) is 5.16 Å². The summed E-state index contributed by atoms with van der Waals surface area (Å²) in [7, 11) is 1.53. The number of carbonyl (C=O) groups excluding carboxylic acids is 1. The monoisotopic (exact) mass is 447 g/mol. The molecule has 3 aromatic rings. The number of carbonyl (C=O) groups is 1. The quantitative estimate of drug-likeness (QED) is 0.273. The Morgan fingerprint density at radius 1 is 1.09 bits per heavy atom. The number of nitrogens with zero attached hydrogens (tertiary/aromatic N) is 2. The van der Waals surface area contributed by atoms with Crippen LogP contribution < -0.4 is 19.5 Å². The van der Waals surface area contributed by atoms with E-state index in [-0.39, 0.29) is 11.4 Å². The Hall–Kier alpha value is -4.25. The fraction of sp³-hybridized carbons (Fsp3) is 0.240. The molecule has 0 bridgehead atoms. The minimum atomic E-state index is -0.585. The van der Waals surface area contributed by atoms with Gasteiger partial charge in [0.05, 0.1) is 20.3 Å². The van der Waals surface area contributed by atoms with Gasteiger partial charge in [-0.1, -0.05) is 28.9 Å². The molecule has 0 fully saturated rings. The number of nitrogens with one attached hydrogen (secondary N) is 1. The van der Waals surface area contributed by atoms with Gasteiger partial charge < -0.3 is 24.1 Å². The van der Waals surface area contributed by atoms with Crippen LogP contribution in [0.25, 0.3) is 6.08 Å². The van der Waals surface area contributed by atoms with Crippen molar-refractivity contribution < 1.29 is 23.5 Å². The van der Waals surface area contributed by atoms with Gasteiger partial charge in [-0.05, 0) is 49.8 Å². The lowest BCUT2D eigenvalue weighted by Crippen LogP contribution is -2.13. The molecule has 0 saturated carbocycles. The number of hydrogen-bond acceptors (Lipinski definition) is 7. The van der Waals surface area contributed by atoms with E-state index in [0.717, 1.165) is 5.75 Å². The predicted molar refractivity (Wildman–Crippen MR) is 123 cm³/mol. The first-order chi connectivity index (χ1) is 16.0. The molecule has 0 aliphatic carbocycles. The highest BCUT2D eigenvalue weighted by molar-refractivity contribution is 6.09. The maximum Gasteiger partial charge on any atom is 0.267 e.